The van der Waals surface area contributed by atoms with Gasteiger partial charge in [-0.2, -0.15) is 0 Å². The van der Waals surface area contributed by atoms with Gasteiger partial charge in [-0.3, -0.25) is 9.78 Å². The second-order valence-electron chi connectivity index (χ2n) is 3.91. The van der Waals surface area contributed by atoms with E-state index in [-0.39, 0.29) is 5.91 Å². The van der Waals surface area contributed by atoms with E-state index >= 15 is 0 Å². The molecule has 0 spiro atoms. The highest BCUT2D eigenvalue weighted by atomic mass is 79.9. The second kappa shape index (κ2) is 5.82. The smallest absolute Gasteiger partial charge is 0.270 e. The number of rotatable bonds is 4. The van der Waals surface area contributed by atoms with E-state index in [4.69, 9.17) is 0 Å². The van der Waals surface area contributed by atoms with E-state index in [1.54, 1.807) is 29.6 Å². The summed E-state index contributed by atoms with van der Waals surface area (Å²) in [6.07, 6.45) is 5.23. The Morgan fingerprint density at radius 1 is 1.44 bits per heavy atom. The van der Waals surface area contributed by atoms with Crippen LogP contribution in [0.3, 0.4) is 0 Å². The Kier molecular flexibility index (Phi) is 4.15. The van der Waals surface area contributed by atoms with Gasteiger partial charge in [0.2, 0.25) is 0 Å². The Balaban J connectivity index is 2.12. The largest absolute Gasteiger partial charge is 0.356 e. The number of hydrogen-bond acceptors (Lipinski definition) is 2. The number of carbonyl (C=O) groups is 1. The van der Waals surface area contributed by atoms with Crippen LogP contribution in [0.5, 0.6) is 0 Å². The Morgan fingerprint density at radius 3 is 2.72 bits per heavy atom. The monoisotopic (exact) mass is 307 g/mol. The Labute approximate surface area is 114 Å². The quantitative estimate of drug-likeness (QED) is 0.944. The van der Waals surface area contributed by atoms with E-state index in [1.807, 2.05) is 19.1 Å². The first-order valence-corrected chi connectivity index (χ1v) is 6.52. The molecular formula is C13H14BrN3O. The van der Waals surface area contributed by atoms with Crippen LogP contribution >= 0.6 is 15.9 Å². The molecule has 2 aromatic rings. The minimum atomic E-state index is 0.0000113. The molecule has 0 bridgehead atoms. The van der Waals surface area contributed by atoms with Gasteiger partial charge in [0.25, 0.3) is 5.91 Å². The molecule has 1 N–H and O–H groups in total. The number of aromatic amines is 1. The number of aromatic nitrogens is 2. The van der Waals surface area contributed by atoms with Crippen LogP contribution in [0.2, 0.25) is 0 Å². The van der Waals surface area contributed by atoms with Gasteiger partial charge >= 0.3 is 0 Å². The van der Waals surface area contributed by atoms with Gasteiger partial charge in [-0.15, -0.1) is 0 Å². The Bertz CT molecular complexity index is 524. The predicted molar refractivity (Wildman–Crippen MR) is 73.1 cm³/mol. The molecule has 0 atom stereocenters. The van der Waals surface area contributed by atoms with Gasteiger partial charge in [0, 0.05) is 36.2 Å². The average molecular weight is 308 g/mol. The maximum absolute atomic E-state index is 12.3. The lowest BCUT2D eigenvalue weighted by molar-refractivity contribution is 0.0747. The third-order valence-corrected chi connectivity index (χ3v) is 3.13. The second-order valence-corrected chi connectivity index (χ2v) is 4.82. The summed E-state index contributed by atoms with van der Waals surface area (Å²) < 4.78 is 0.880. The molecule has 0 saturated carbocycles. The van der Waals surface area contributed by atoms with Gasteiger partial charge in [-0.1, -0.05) is 0 Å². The number of nitrogens with zero attached hydrogens (tertiary/aromatic N) is 2. The van der Waals surface area contributed by atoms with Gasteiger partial charge in [0.15, 0.2) is 0 Å². The van der Waals surface area contributed by atoms with Crippen molar-refractivity contribution in [2.24, 2.45) is 0 Å². The number of halogens is 1. The van der Waals surface area contributed by atoms with Gasteiger partial charge in [0.1, 0.15) is 5.69 Å². The van der Waals surface area contributed by atoms with Crippen molar-refractivity contribution in [3.05, 3.63) is 52.5 Å². The maximum atomic E-state index is 12.3. The number of nitrogens with one attached hydrogen (secondary N) is 1. The van der Waals surface area contributed by atoms with Crippen LogP contribution in [0, 0.1) is 0 Å². The summed E-state index contributed by atoms with van der Waals surface area (Å²) in [6.45, 7) is 3.23. The molecule has 4 nitrogen and oxygen atoms in total. The summed E-state index contributed by atoms with van der Waals surface area (Å²) in [5.74, 6) is 0.0000113. The maximum Gasteiger partial charge on any atom is 0.270 e. The fourth-order valence-corrected chi connectivity index (χ4v) is 2.04. The summed E-state index contributed by atoms with van der Waals surface area (Å²) in [5.41, 5.74) is 1.67. The zero-order valence-corrected chi connectivity index (χ0v) is 11.6. The average Bonchev–Trinajstić information content (AvgIpc) is 2.83. The third kappa shape index (κ3) is 2.98. The number of amides is 1. The molecule has 5 heteroatoms. The summed E-state index contributed by atoms with van der Waals surface area (Å²) in [7, 11) is 0. The molecule has 0 unspecified atom stereocenters. The molecular weight excluding hydrogens is 294 g/mol. The van der Waals surface area contributed by atoms with E-state index in [1.165, 1.54) is 0 Å². The first-order valence-electron chi connectivity index (χ1n) is 5.72. The first-order chi connectivity index (χ1) is 8.70. The number of carbonyl (C=O) groups excluding carboxylic acids is 1. The molecule has 2 heterocycles. The number of H-pyrrole nitrogens is 1. The summed E-state index contributed by atoms with van der Waals surface area (Å²) in [6, 6.07) is 5.62. The highest BCUT2D eigenvalue weighted by molar-refractivity contribution is 9.10. The summed E-state index contributed by atoms with van der Waals surface area (Å²) in [5, 5.41) is 0. The molecule has 94 valence electrons. The molecule has 18 heavy (non-hydrogen) atoms. The van der Waals surface area contributed by atoms with E-state index in [2.05, 4.69) is 25.9 Å². The van der Waals surface area contributed by atoms with Crippen molar-refractivity contribution in [2.45, 2.75) is 13.5 Å². The molecule has 0 aliphatic carbocycles. The topological polar surface area (TPSA) is 49.0 Å². The van der Waals surface area contributed by atoms with Crippen molar-refractivity contribution in [1.29, 1.82) is 0 Å². The Hall–Kier alpha value is -1.62. The number of pyridine rings is 1. The highest BCUT2D eigenvalue weighted by Crippen LogP contribution is 2.14. The molecule has 1 amide bonds. The zero-order valence-electron chi connectivity index (χ0n) is 10.1. The molecule has 2 aromatic heterocycles. The third-order valence-electron chi connectivity index (χ3n) is 2.67. The van der Waals surface area contributed by atoms with Crippen LogP contribution < -0.4 is 0 Å². The molecule has 0 radical (unpaired) electrons. The van der Waals surface area contributed by atoms with Gasteiger partial charge in [-0.05, 0) is 46.6 Å². The van der Waals surface area contributed by atoms with E-state index in [9.17, 15) is 4.79 Å². The predicted octanol–water partition coefficient (Wildman–Crippen LogP) is 2.83. The van der Waals surface area contributed by atoms with Crippen LogP contribution in [-0.2, 0) is 6.54 Å². The fourth-order valence-electron chi connectivity index (χ4n) is 1.70. The van der Waals surface area contributed by atoms with Crippen LogP contribution in [0.1, 0.15) is 23.0 Å². The van der Waals surface area contributed by atoms with E-state index < -0.39 is 0 Å². The zero-order chi connectivity index (χ0) is 13.0. The SMILES string of the molecule is CCN(Cc1ccncc1)C(=O)c1cc(Br)c[nH]1. The molecule has 0 aromatic carbocycles. The molecule has 0 aliphatic heterocycles. The van der Waals surface area contributed by atoms with Crippen LogP contribution in [-0.4, -0.2) is 27.3 Å². The summed E-state index contributed by atoms with van der Waals surface area (Å²) in [4.78, 5) is 21.0. The van der Waals surface area contributed by atoms with Crippen molar-refractivity contribution in [1.82, 2.24) is 14.9 Å². The van der Waals surface area contributed by atoms with Crippen LogP contribution in [0.25, 0.3) is 0 Å². The van der Waals surface area contributed by atoms with Gasteiger partial charge in [-0.25, -0.2) is 0 Å². The van der Waals surface area contributed by atoms with Crippen molar-refractivity contribution < 1.29 is 4.79 Å². The fraction of sp³-hybridized carbons (Fsp3) is 0.231. The lowest BCUT2D eigenvalue weighted by Gasteiger charge is -2.20. The molecule has 0 aliphatic rings. The van der Waals surface area contributed by atoms with E-state index in [0.717, 1.165) is 10.0 Å². The van der Waals surface area contributed by atoms with Crippen LogP contribution in [0.4, 0.5) is 0 Å². The molecule has 2 rings (SSSR count). The minimum absolute atomic E-state index is 0.0000113. The van der Waals surface area contributed by atoms with E-state index in [0.29, 0.717) is 18.8 Å². The standard InChI is InChI=1S/C13H14BrN3O/c1-2-17(9-10-3-5-15-6-4-10)13(18)12-7-11(14)8-16-12/h3-8,16H,2,9H2,1H3. The first kappa shape index (κ1) is 12.8. The van der Waals surface area contributed by atoms with Crippen LogP contribution in [0.15, 0.2) is 41.3 Å². The number of hydrogen-bond donors (Lipinski definition) is 1. The van der Waals surface area contributed by atoms with Crippen molar-refractivity contribution in [2.75, 3.05) is 6.54 Å². The Morgan fingerprint density at radius 2 is 2.17 bits per heavy atom. The molecule has 0 fully saturated rings. The van der Waals surface area contributed by atoms with Crippen molar-refractivity contribution >= 4 is 21.8 Å². The highest BCUT2D eigenvalue weighted by Gasteiger charge is 2.15. The van der Waals surface area contributed by atoms with Crippen molar-refractivity contribution in [3.63, 3.8) is 0 Å². The molecule has 0 saturated heterocycles. The normalized spacial score (nSPS) is 10.3. The van der Waals surface area contributed by atoms with Gasteiger partial charge in [0.05, 0.1) is 0 Å². The van der Waals surface area contributed by atoms with Gasteiger partial charge < -0.3 is 9.88 Å². The lowest BCUT2D eigenvalue weighted by atomic mass is 10.2. The summed E-state index contributed by atoms with van der Waals surface area (Å²) >= 11 is 3.33. The minimum Gasteiger partial charge on any atom is -0.356 e. The van der Waals surface area contributed by atoms with Crippen molar-refractivity contribution in [3.8, 4) is 0 Å². The lowest BCUT2D eigenvalue weighted by Crippen LogP contribution is -2.30.